The molecule has 2 N–H and O–H groups in total. The van der Waals surface area contributed by atoms with Crippen molar-refractivity contribution in [3.8, 4) is 6.07 Å². The number of fused-ring (bicyclic) bond motifs is 1. The van der Waals surface area contributed by atoms with Crippen molar-refractivity contribution in [1.29, 1.82) is 5.26 Å². The lowest BCUT2D eigenvalue weighted by atomic mass is 9.97. The topological polar surface area (TPSA) is 53.0 Å². The van der Waals surface area contributed by atoms with Gasteiger partial charge in [-0.15, -0.1) is 0 Å². The van der Waals surface area contributed by atoms with Crippen LogP contribution in [0.4, 0.5) is 10.1 Å². The number of benzene rings is 2. The van der Waals surface area contributed by atoms with Crippen LogP contribution in [0.2, 0.25) is 0 Å². The summed E-state index contributed by atoms with van der Waals surface area (Å²) >= 11 is 0. The van der Waals surface area contributed by atoms with E-state index in [2.05, 4.69) is 11.0 Å². The van der Waals surface area contributed by atoms with Crippen LogP contribution in [0.5, 0.6) is 0 Å². The lowest BCUT2D eigenvalue weighted by Crippen LogP contribution is -2.43. The molecule has 1 atom stereocenters. The molecule has 0 amide bonds. The molecule has 0 aromatic heterocycles. The largest absolute Gasteiger partial charge is 0.365 e. The summed E-state index contributed by atoms with van der Waals surface area (Å²) in [6.45, 7) is 1.11. The molecule has 0 radical (unpaired) electrons. The maximum atomic E-state index is 14.0. The van der Waals surface area contributed by atoms with E-state index in [1.807, 2.05) is 24.3 Å². The molecule has 4 heteroatoms. The highest BCUT2D eigenvalue weighted by atomic mass is 19.1. The van der Waals surface area contributed by atoms with E-state index in [-0.39, 0.29) is 11.9 Å². The van der Waals surface area contributed by atoms with Gasteiger partial charge in [-0.05, 0) is 36.2 Å². The van der Waals surface area contributed by atoms with E-state index in [0.717, 1.165) is 12.1 Å². The fraction of sp³-hybridized carbons (Fsp3) is 0.235. The molecular weight excluding hydrogens is 265 g/mol. The molecule has 3 rings (SSSR count). The molecule has 0 fully saturated rings. The summed E-state index contributed by atoms with van der Waals surface area (Å²) in [5.74, 6) is -0.286. The summed E-state index contributed by atoms with van der Waals surface area (Å²) < 4.78 is 14.0. The zero-order chi connectivity index (χ0) is 14.8. The summed E-state index contributed by atoms with van der Waals surface area (Å²) in [5.41, 5.74) is 9.39. The van der Waals surface area contributed by atoms with Gasteiger partial charge in [0.25, 0.3) is 0 Å². The van der Waals surface area contributed by atoms with Crippen molar-refractivity contribution in [2.75, 3.05) is 11.4 Å². The zero-order valence-electron chi connectivity index (χ0n) is 11.6. The summed E-state index contributed by atoms with van der Waals surface area (Å²) in [7, 11) is 0. The van der Waals surface area contributed by atoms with Gasteiger partial charge in [-0.2, -0.15) is 5.26 Å². The minimum atomic E-state index is -0.286. The first-order valence-electron chi connectivity index (χ1n) is 6.94. The van der Waals surface area contributed by atoms with Crippen LogP contribution >= 0.6 is 0 Å². The Bertz CT molecular complexity index is 705. The summed E-state index contributed by atoms with van der Waals surface area (Å²) in [5, 5.41) is 8.95. The van der Waals surface area contributed by atoms with E-state index in [4.69, 9.17) is 11.0 Å². The van der Waals surface area contributed by atoms with E-state index in [0.29, 0.717) is 24.2 Å². The van der Waals surface area contributed by atoms with Crippen molar-refractivity contribution in [2.45, 2.75) is 19.0 Å². The second kappa shape index (κ2) is 5.55. The van der Waals surface area contributed by atoms with Crippen molar-refractivity contribution in [1.82, 2.24) is 0 Å². The Labute approximate surface area is 123 Å². The summed E-state index contributed by atoms with van der Waals surface area (Å²) in [4.78, 5) is 2.09. The first-order chi connectivity index (χ1) is 10.2. The van der Waals surface area contributed by atoms with E-state index in [1.54, 1.807) is 6.07 Å². The Kier molecular flexibility index (Phi) is 3.59. The quantitative estimate of drug-likeness (QED) is 0.920. The highest BCUT2D eigenvalue weighted by Crippen LogP contribution is 2.28. The van der Waals surface area contributed by atoms with Crippen LogP contribution in [0.25, 0.3) is 0 Å². The molecule has 1 aliphatic heterocycles. The number of hydrogen-bond acceptors (Lipinski definition) is 3. The second-order valence-corrected chi connectivity index (χ2v) is 5.39. The fourth-order valence-corrected chi connectivity index (χ4v) is 2.84. The van der Waals surface area contributed by atoms with Gasteiger partial charge in [0, 0.05) is 30.4 Å². The molecule has 1 heterocycles. The molecule has 0 spiro atoms. The molecular formula is C17H16FN3. The minimum absolute atomic E-state index is 0.0436. The molecule has 0 saturated carbocycles. The van der Waals surface area contributed by atoms with Crippen LogP contribution < -0.4 is 10.6 Å². The highest BCUT2D eigenvalue weighted by molar-refractivity contribution is 5.56. The Morgan fingerprint density at radius 1 is 1.29 bits per heavy atom. The highest BCUT2D eigenvalue weighted by Gasteiger charge is 2.22. The Balaban J connectivity index is 1.94. The van der Waals surface area contributed by atoms with Crippen LogP contribution in [0.1, 0.15) is 16.7 Å². The number of nitrogens with zero attached hydrogens (tertiary/aromatic N) is 2. The monoisotopic (exact) mass is 281 g/mol. The molecule has 0 aliphatic carbocycles. The van der Waals surface area contributed by atoms with E-state index >= 15 is 0 Å². The van der Waals surface area contributed by atoms with Gasteiger partial charge in [0.15, 0.2) is 0 Å². The Morgan fingerprint density at radius 3 is 2.90 bits per heavy atom. The molecule has 2 aromatic rings. The first-order valence-corrected chi connectivity index (χ1v) is 6.94. The van der Waals surface area contributed by atoms with E-state index in [9.17, 15) is 4.39 Å². The van der Waals surface area contributed by atoms with Gasteiger partial charge in [-0.1, -0.05) is 18.2 Å². The average Bonchev–Trinajstić information content (AvgIpc) is 2.49. The van der Waals surface area contributed by atoms with E-state index in [1.165, 1.54) is 17.7 Å². The predicted octanol–water partition coefficient (Wildman–Crippen LogP) is 2.59. The first kappa shape index (κ1) is 13.6. The Morgan fingerprint density at radius 2 is 2.10 bits per heavy atom. The zero-order valence-corrected chi connectivity index (χ0v) is 11.6. The number of nitriles is 1. The Hall–Kier alpha value is -2.38. The van der Waals surface area contributed by atoms with Crippen molar-refractivity contribution >= 4 is 5.69 Å². The van der Waals surface area contributed by atoms with Gasteiger partial charge in [-0.3, -0.25) is 0 Å². The minimum Gasteiger partial charge on any atom is -0.365 e. The number of anilines is 1. The fourth-order valence-electron chi connectivity index (χ4n) is 2.84. The number of halogens is 1. The number of hydrogen-bond donors (Lipinski definition) is 1. The predicted molar refractivity (Wildman–Crippen MR) is 80.3 cm³/mol. The molecule has 0 saturated heterocycles. The molecule has 1 aliphatic rings. The lowest BCUT2D eigenvalue weighted by Gasteiger charge is -2.34. The standard InChI is InChI=1S/C17H16FN3/c18-16-6-5-12(9-19)7-14(16)10-21-11-15(20)8-13-3-1-2-4-17(13)21/h1-7,15H,8,10-11,20H2. The van der Waals surface area contributed by atoms with Crippen LogP contribution in [-0.4, -0.2) is 12.6 Å². The van der Waals surface area contributed by atoms with Gasteiger partial charge in [0.2, 0.25) is 0 Å². The average molecular weight is 281 g/mol. The summed E-state index contributed by atoms with van der Waals surface area (Å²) in [6, 6.07) is 14.6. The molecule has 2 aromatic carbocycles. The maximum Gasteiger partial charge on any atom is 0.128 e. The van der Waals surface area contributed by atoms with Gasteiger partial charge >= 0.3 is 0 Å². The normalized spacial score (nSPS) is 17.2. The molecule has 0 bridgehead atoms. The molecule has 3 nitrogen and oxygen atoms in total. The van der Waals surface area contributed by atoms with Gasteiger partial charge in [0.1, 0.15) is 5.82 Å². The van der Waals surface area contributed by atoms with Crippen LogP contribution in [0.15, 0.2) is 42.5 Å². The number of para-hydroxylation sites is 1. The lowest BCUT2D eigenvalue weighted by molar-refractivity contribution is 0.573. The molecule has 21 heavy (non-hydrogen) atoms. The summed E-state index contributed by atoms with van der Waals surface area (Å²) in [6.07, 6.45) is 0.841. The van der Waals surface area contributed by atoms with E-state index < -0.39 is 0 Å². The number of nitrogens with two attached hydrogens (primary N) is 1. The third kappa shape index (κ3) is 2.74. The van der Waals surface area contributed by atoms with Crippen LogP contribution in [0.3, 0.4) is 0 Å². The maximum absolute atomic E-state index is 14.0. The SMILES string of the molecule is N#Cc1ccc(F)c(CN2CC(N)Cc3ccccc32)c1. The molecule has 106 valence electrons. The van der Waals surface area contributed by atoms with Crippen LogP contribution in [0, 0.1) is 17.1 Å². The van der Waals surface area contributed by atoms with Crippen molar-refractivity contribution in [2.24, 2.45) is 5.73 Å². The van der Waals surface area contributed by atoms with Crippen molar-refractivity contribution < 1.29 is 4.39 Å². The van der Waals surface area contributed by atoms with Crippen molar-refractivity contribution in [3.63, 3.8) is 0 Å². The second-order valence-electron chi connectivity index (χ2n) is 5.39. The van der Waals surface area contributed by atoms with Gasteiger partial charge in [-0.25, -0.2) is 4.39 Å². The number of rotatable bonds is 2. The smallest absolute Gasteiger partial charge is 0.128 e. The van der Waals surface area contributed by atoms with Crippen LogP contribution in [-0.2, 0) is 13.0 Å². The third-order valence-electron chi connectivity index (χ3n) is 3.81. The van der Waals surface area contributed by atoms with Gasteiger partial charge in [0.05, 0.1) is 11.6 Å². The molecule has 1 unspecified atom stereocenters. The van der Waals surface area contributed by atoms with Crippen molar-refractivity contribution in [3.05, 3.63) is 65.0 Å². The van der Waals surface area contributed by atoms with Gasteiger partial charge < -0.3 is 10.6 Å². The third-order valence-corrected chi connectivity index (χ3v) is 3.81.